The Morgan fingerprint density at radius 1 is 1.12 bits per heavy atom. The highest BCUT2D eigenvalue weighted by Gasteiger charge is 2.05. The van der Waals surface area contributed by atoms with E-state index in [0.29, 0.717) is 35.7 Å². The summed E-state index contributed by atoms with van der Waals surface area (Å²) < 4.78 is 27.1. The lowest BCUT2D eigenvalue weighted by Crippen LogP contribution is -2.37. The van der Waals surface area contributed by atoms with Crippen LogP contribution in [0.2, 0.25) is 0 Å². The number of nitrogens with zero attached hydrogens (tertiary/aromatic N) is 2. The first-order valence-corrected chi connectivity index (χ1v) is 7.99. The number of aryl methyl sites for hydroxylation is 1. The van der Waals surface area contributed by atoms with E-state index < -0.39 is 0 Å². The van der Waals surface area contributed by atoms with Crippen molar-refractivity contribution in [1.82, 2.24) is 10.6 Å². The number of nitrogens with one attached hydrogen (secondary N) is 2. The average molecular weight is 470 g/mol. The summed E-state index contributed by atoms with van der Waals surface area (Å²) in [5.74, 6) is -0.103. The van der Waals surface area contributed by atoms with Gasteiger partial charge in [-0.3, -0.25) is 0 Å². The van der Waals surface area contributed by atoms with Crippen LogP contribution in [0.5, 0.6) is 0 Å². The number of rotatable bonds is 5. The Morgan fingerprint density at radius 2 is 1.85 bits per heavy atom. The summed E-state index contributed by atoms with van der Waals surface area (Å²) in [7, 11) is 0. The van der Waals surface area contributed by atoms with E-state index in [1.54, 1.807) is 19.1 Å². The summed E-state index contributed by atoms with van der Waals surface area (Å²) in [6.07, 6.45) is 0. The molecule has 2 aromatic carbocycles. The van der Waals surface area contributed by atoms with Crippen LogP contribution < -0.4 is 10.6 Å². The Bertz CT molecular complexity index is 816. The maximum absolute atomic E-state index is 13.8. The van der Waals surface area contributed by atoms with Crippen LogP contribution in [0.1, 0.15) is 29.2 Å². The number of hydrogen-bond acceptors (Lipinski definition) is 2. The molecule has 0 aliphatic heterocycles. The minimum Gasteiger partial charge on any atom is -0.357 e. The Labute approximate surface area is 169 Å². The molecule has 0 aliphatic carbocycles. The topological polar surface area (TPSA) is 60.2 Å². The van der Waals surface area contributed by atoms with Gasteiger partial charge in [-0.15, -0.1) is 24.0 Å². The molecule has 0 aliphatic rings. The van der Waals surface area contributed by atoms with Gasteiger partial charge in [0.25, 0.3) is 0 Å². The molecule has 0 amide bonds. The summed E-state index contributed by atoms with van der Waals surface area (Å²) in [5, 5.41) is 15.0. The number of hydrogen-bond donors (Lipinski definition) is 2. The van der Waals surface area contributed by atoms with Gasteiger partial charge >= 0.3 is 0 Å². The first kappa shape index (κ1) is 21.8. The lowest BCUT2D eigenvalue weighted by molar-refractivity contribution is 0.604. The Kier molecular flexibility index (Phi) is 8.99. The van der Waals surface area contributed by atoms with Gasteiger partial charge in [0.2, 0.25) is 0 Å². The van der Waals surface area contributed by atoms with Gasteiger partial charge in [-0.1, -0.05) is 12.1 Å². The third-order valence-electron chi connectivity index (χ3n) is 3.61. The normalized spacial score (nSPS) is 10.7. The standard InChI is InChI=1S/C19H20F2N4.HI/c1-3-23-19(24-11-15-5-6-17(20)13(2)8-15)25-12-16-9-14(10-22)4-7-18(16)21;/h4-9H,3,11-12H2,1-2H3,(H2,23,24,25);1H. The molecule has 0 saturated heterocycles. The number of guanidine groups is 1. The lowest BCUT2D eigenvalue weighted by Gasteiger charge is -2.12. The maximum atomic E-state index is 13.8. The molecule has 138 valence electrons. The maximum Gasteiger partial charge on any atom is 0.191 e. The van der Waals surface area contributed by atoms with E-state index in [2.05, 4.69) is 15.6 Å². The minimum absolute atomic E-state index is 0. The summed E-state index contributed by atoms with van der Waals surface area (Å²) >= 11 is 0. The molecular formula is C19H21F2IN4. The van der Waals surface area contributed by atoms with Gasteiger partial charge in [-0.2, -0.15) is 5.26 Å². The molecule has 2 rings (SSSR count). The average Bonchev–Trinajstić information content (AvgIpc) is 2.61. The van der Waals surface area contributed by atoms with E-state index >= 15 is 0 Å². The molecule has 0 saturated carbocycles. The minimum atomic E-state index is -0.378. The van der Waals surface area contributed by atoms with Crippen LogP contribution in [0.4, 0.5) is 8.78 Å². The van der Waals surface area contributed by atoms with E-state index in [1.165, 1.54) is 24.3 Å². The van der Waals surface area contributed by atoms with Crippen molar-refractivity contribution < 1.29 is 8.78 Å². The third-order valence-corrected chi connectivity index (χ3v) is 3.61. The number of aliphatic imine (C=N–C) groups is 1. The molecule has 0 atom stereocenters. The second-order valence-electron chi connectivity index (χ2n) is 5.55. The molecule has 0 aromatic heterocycles. The monoisotopic (exact) mass is 470 g/mol. The molecular weight excluding hydrogens is 449 g/mol. The lowest BCUT2D eigenvalue weighted by atomic mass is 10.1. The van der Waals surface area contributed by atoms with E-state index in [0.717, 1.165) is 5.56 Å². The van der Waals surface area contributed by atoms with Crippen molar-refractivity contribution in [3.05, 3.63) is 70.3 Å². The molecule has 0 heterocycles. The number of halogens is 3. The molecule has 7 heteroatoms. The van der Waals surface area contributed by atoms with Crippen LogP contribution in [0.3, 0.4) is 0 Å². The van der Waals surface area contributed by atoms with E-state index in [9.17, 15) is 8.78 Å². The van der Waals surface area contributed by atoms with Crippen molar-refractivity contribution in [2.24, 2.45) is 4.99 Å². The van der Waals surface area contributed by atoms with E-state index in [1.807, 2.05) is 13.0 Å². The predicted molar refractivity (Wildman–Crippen MR) is 109 cm³/mol. The molecule has 4 nitrogen and oxygen atoms in total. The molecule has 0 fully saturated rings. The van der Waals surface area contributed by atoms with Crippen molar-refractivity contribution in [1.29, 1.82) is 5.26 Å². The fraction of sp³-hybridized carbons (Fsp3) is 0.263. The molecule has 2 N–H and O–H groups in total. The van der Waals surface area contributed by atoms with E-state index in [4.69, 9.17) is 5.26 Å². The van der Waals surface area contributed by atoms with Crippen molar-refractivity contribution in [2.75, 3.05) is 6.54 Å². The molecule has 0 unspecified atom stereocenters. The molecule has 0 radical (unpaired) electrons. The fourth-order valence-corrected chi connectivity index (χ4v) is 2.28. The van der Waals surface area contributed by atoms with Crippen LogP contribution in [-0.2, 0) is 13.1 Å². The zero-order valence-corrected chi connectivity index (χ0v) is 17.0. The Hall–Kier alpha value is -2.21. The first-order chi connectivity index (χ1) is 12.0. The zero-order valence-electron chi connectivity index (χ0n) is 14.6. The smallest absolute Gasteiger partial charge is 0.191 e. The Balaban J connectivity index is 0.00000338. The summed E-state index contributed by atoms with van der Waals surface area (Å²) in [5.41, 5.74) is 2.25. The van der Waals surface area contributed by atoms with Crippen molar-refractivity contribution in [2.45, 2.75) is 26.9 Å². The largest absolute Gasteiger partial charge is 0.357 e. The van der Waals surface area contributed by atoms with Gasteiger partial charge < -0.3 is 10.6 Å². The van der Waals surface area contributed by atoms with Gasteiger partial charge in [0.1, 0.15) is 11.6 Å². The summed E-state index contributed by atoms with van der Waals surface area (Å²) in [6, 6.07) is 11.1. The first-order valence-electron chi connectivity index (χ1n) is 7.99. The molecule has 0 bridgehead atoms. The fourth-order valence-electron chi connectivity index (χ4n) is 2.28. The quantitative estimate of drug-likeness (QED) is 0.395. The molecule has 2 aromatic rings. The van der Waals surface area contributed by atoms with Gasteiger partial charge in [0, 0.05) is 18.7 Å². The predicted octanol–water partition coefficient (Wildman–Crippen LogP) is 4.02. The van der Waals surface area contributed by atoms with Gasteiger partial charge in [0.05, 0.1) is 18.2 Å². The third kappa shape index (κ3) is 6.26. The SMILES string of the molecule is CCNC(=NCc1ccc(F)c(C)c1)NCc1cc(C#N)ccc1F.I. The highest BCUT2D eigenvalue weighted by Crippen LogP contribution is 2.11. The van der Waals surface area contributed by atoms with Crippen LogP contribution >= 0.6 is 24.0 Å². The molecule has 0 spiro atoms. The van der Waals surface area contributed by atoms with Crippen LogP contribution in [0, 0.1) is 29.9 Å². The van der Waals surface area contributed by atoms with E-state index in [-0.39, 0.29) is 42.2 Å². The Morgan fingerprint density at radius 3 is 2.50 bits per heavy atom. The van der Waals surface area contributed by atoms with Crippen molar-refractivity contribution in [3.8, 4) is 6.07 Å². The number of benzene rings is 2. The van der Waals surface area contributed by atoms with Crippen LogP contribution in [0.15, 0.2) is 41.4 Å². The summed E-state index contributed by atoms with van der Waals surface area (Å²) in [4.78, 5) is 4.43. The molecule has 26 heavy (non-hydrogen) atoms. The van der Waals surface area contributed by atoms with Crippen LogP contribution in [0.25, 0.3) is 0 Å². The van der Waals surface area contributed by atoms with Crippen LogP contribution in [-0.4, -0.2) is 12.5 Å². The highest BCUT2D eigenvalue weighted by atomic mass is 127. The van der Waals surface area contributed by atoms with Crippen molar-refractivity contribution in [3.63, 3.8) is 0 Å². The zero-order chi connectivity index (χ0) is 18.2. The van der Waals surface area contributed by atoms with Gasteiger partial charge in [0.15, 0.2) is 5.96 Å². The van der Waals surface area contributed by atoms with Crippen molar-refractivity contribution >= 4 is 29.9 Å². The second-order valence-corrected chi connectivity index (χ2v) is 5.55. The highest BCUT2D eigenvalue weighted by molar-refractivity contribution is 14.0. The number of nitriles is 1. The summed E-state index contributed by atoms with van der Waals surface area (Å²) in [6.45, 7) is 4.86. The van der Waals surface area contributed by atoms with Gasteiger partial charge in [-0.05, 0) is 49.2 Å². The second kappa shape index (κ2) is 10.7. The van der Waals surface area contributed by atoms with Gasteiger partial charge in [-0.25, -0.2) is 13.8 Å².